The second-order valence-corrected chi connectivity index (χ2v) is 4.39. The molecule has 88 valence electrons. The third-order valence-electron chi connectivity index (χ3n) is 1.89. The van der Waals surface area contributed by atoms with Crippen molar-refractivity contribution >= 4 is 46.5 Å². The molecule has 3 nitrogen and oxygen atoms in total. The Morgan fingerprint density at radius 2 is 1.81 bits per heavy atom. The van der Waals surface area contributed by atoms with Crippen LogP contribution in [0.4, 0.5) is 5.69 Å². The third kappa shape index (κ3) is 4.08. The number of anilines is 1. The maximum atomic E-state index is 10.3. The lowest BCUT2D eigenvalue weighted by Crippen LogP contribution is -2.05. The van der Waals surface area contributed by atoms with Gasteiger partial charge in [-0.2, -0.15) is 0 Å². The van der Waals surface area contributed by atoms with Crippen LogP contribution in [0.3, 0.4) is 0 Å². The highest BCUT2D eigenvalue weighted by molar-refractivity contribution is 6.44. The van der Waals surface area contributed by atoms with Gasteiger partial charge in [0.1, 0.15) is 0 Å². The maximum absolute atomic E-state index is 10.3. The number of aliphatic carboxylic acids is 1. The van der Waals surface area contributed by atoms with Crippen molar-refractivity contribution in [2.45, 2.75) is 12.8 Å². The van der Waals surface area contributed by atoms with Gasteiger partial charge in [0.25, 0.3) is 0 Å². The van der Waals surface area contributed by atoms with Crippen molar-refractivity contribution in [2.75, 3.05) is 11.9 Å². The molecule has 0 saturated heterocycles. The summed E-state index contributed by atoms with van der Waals surface area (Å²) in [7, 11) is 0. The topological polar surface area (TPSA) is 49.3 Å². The van der Waals surface area contributed by atoms with Crippen LogP contribution in [-0.2, 0) is 4.79 Å². The van der Waals surface area contributed by atoms with E-state index in [0.717, 1.165) is 0 Å². The van der Waals surface area contributed by atoms with Gasteiger partial charge in [0.15, 0.2) is 0 Å². The molecule has 0 amide bonds. The summed E-state index contributed by atoms with van der Waals surface area (Å²) >= 11 is 17.5. The summed E-state index contributed by atoms with van der Waals surface area (Å²) in [5, 5.41) is 12.7. The van der Waals surface area contributed by atoms with E-state index in [9.17, 15) is 4.79 Å². The Balaban J connectivity index is 2.54. The Bertz CT molecular complexity index is 396. The third-order valence-corrected chi connectivity index (χ3v) is 2.93. The lowest BCUT2D eigenvalue weighted by molar-refractivity contribution is -0.137. The molecule has 2 N–H and O–H groups in total. The summed E-state index contributed by atoms with van der Waals surface area (Å²) in [5.41, 5.74) is 0.654. The average Bonchev–Trinajstić information content (AvgIpc) is 2.19. The smallest absolute Gasteiger partial charge is 0.303 e. The number of carboxylic acids is 1. The zero-order valence-corrected chi connectivity index (χ0v) is 10.5. The van der Waals surface area contributed by atoms with Gasteiger partial charge in [0, 0.05) is 13.0 Å². The second kappa shape index (κ2) is 6.18. The number of hydrogen-bond acceptors (Lipinski definition) is 2. The van der Waals surface area contributed by atoms with Crippen LogP contribution in [0.15, 0.2) is 12.1 Å². The first-order chi connectivity index (χ1) is 7.50. The minimum Gasteiger partial charge on any atom is -0.481 e. The summed E-state index contributed by atoms with van der Waals surface area (Å²) in [6, 6.07) is 3.16. The van der Waals surface area contributed by atoms with Crippen molar-refractivity contribution in [3.05, 3.63) is 27.2 Å². The number of rotatable bonds is 5. The molecule has 1 aromatic rings. The zero-order valence-electron chi connectivity index (χ0n) is 8.27. The minimum absolute atomic E-state index is 0.117. The van der Waals surface area contributed by atoms with Gasteiger partial charge in [-0.15, -0.1) is 0 Å². The fraction of sp³-hybridized carbons (Fsp3) is 0.300. The molecule has 0 radical (unpaired) electrons. The molecule has 0 aliphatic carbocycles. The molecule has 0 unspecified atom stereocenters. The summed E-state index contributed by atoms with van der Waals surface area (Å²) in [6.07, 6.45) is 0.637. The highest BCUT2D eigenvalue weighted by atomic mass is 35.5. The van der Waals surface area contributed by atoms with Gasteiger partial charge in [-0.05, 0) is 18.6 Å². The molecule has 0 atom stereocenters. The number of nitrogens with one attached hydrogen (secondary N) is 1. The van der Waals surface area contributed by atoms with Crippen molar-refractivity contribution < 1.29 is 9.90 Å². The van der Waals surface area contributed by atoms with Crippen molar-refractivity contribution in [3.63, 3.8) is 0 Å². The quantitative estimate of drug-likeness (QED) is 0.635. The van der Waals surface area contributed by atoms with E-state index < -0.39 is 5.97 Å². The highest BCUT2D eigenvalue weighted by Gasteiger charge is 2.05. The van der Waals surface area contributed by atoms with Crippen LogP contribution in [0.1, 0.15) is 12.8 Å². The van der Waals surface area contributed by atoms with E-state index >= 15 is 0 Å². The number of carbonyl (C=O) groups is 1. The molecule has 0 spiro atoms. The summed E-state index contributed by atoms with van der Waals surface area (Å²) in [4.78, 5) is 10.3. The first-order valence-corrected chi connectivity index (χ1v) is 5.74. The molecule has 0 aromatic heterocycles. The Kier molecular flexibility index (Phi) is 5.19. The van der Waals surface area contributed by atoms with Gasteiger partial charge in [-0.3, -0.25) is 4.79 Å². The van der Waals surface area contributed by atoms with Gasteiger partial charge in [0.2, 0.25) is 0 Å². The van der Waals surface area contributed by atoms with Gasteiger partial charge in [0.05, 0.1) is 20.8 Å². The van der Waals surface area contributed by atoms with E-state index in [0.29, 0.717) is 33.7 Å². The summed E-state index contributed by atoms with van der Waals surface area (Å²) in [5.74, 6) is -0.818. The fourth-order valence-electron chi connectivity index (χ4n) is 1.12. The lowest BCUT2D eigenvalue weighted by atomic mass is 10.3. The van der Waals surface area contributed by atoms with E-state index in [1.807, 2.05) is 0 Å². The van der Waals surface area contributed by atoms with Crippen LogP contribution in [0, 0.1) is 0 Å². The van der Waals surface area contributed by atoms with Crippen LogP contribution >= 0.6 is 34.8 Å². The highest BCUT2D eigenvalue weighted by Crippen LogP contribution is 2.32. The molecule has 16 heavy (non-hydrogen) atoms. The van der Waals surface area contributed by atoms with Crippen LogP contribution in [0.25, 0.3) is 0 Å². The molecule has 0 fully saturated rings. The monoisotopic (exact) mass is 281 g/mol. The standard InChI is InChI=1S/C10H10Cl3NO2/c11-6-4-8(13)9(5-7(6)12)14-3-1-2-10(15)16/h4-5,14H,1-3H2,(H,15,16). The minimum atomic E-state index is -0.818. The molecule has 1 aromatic carbocycles. The zero-order chi connectivity index (χ0) is 12.1. The first-order valence-electron chi connectivity index (χ1n) is 4.61. The van der Waals surface area contributed by atoms with Gasteiger partial charge < -0.3 is 10.4 Å². The van der Waals surface area contributed by atoms with E-state index in [-0.39, 0.29) is 6.42 Å². The normalized spacial score (nSPS) is 10.2. The molecular formula is C10H10Cl3NO2. The Labute approximate surface area is 108 Å². The van der Waals surface area contributed by atoms with Crippen molar-refractivity contribution in [1.82, 2.24) is 0 Å². The Morgan fingerprint density at radius 1 is 1.19 bits per heavy atom. The predicted octanol–water partition coefficient (Wildman–Crippen LogP) is 3.92. The molecule has 0 heterocycles. The maximum Gasteiger partial charge on any atom is 0.303 e. The van der Waals surface area contributed by atoms with Crippen LogP contribution in [0.2, 0.25) is 15.1 Å². The van der Waals surface area contributed by atoms with Crippen LogP contribution < -0.4 is 5.32 Å². The van der Waals surface area contributed by atoms with Crippen molar-refractivity contribution in [3.8, 4) is 0 Å². The molecule has 0 aliphatic rings. The lowest BCUT2D eigenvalue weighted by Gasteiger charge is -2.08. The summed E-state index contributed by atoms with van der Waals surface area (Å²) < 4.78 is 0. The van der Waals surface area contributed by atoms with Gasteiger partial charge in [-0.25, -0.2) is 0 Å². The van der Waals surface area contributed by atoms with Gasteiger partial charge in [-0.1, -0.05) is 34.8 Å². The van der Waals surface area contributed by atoms with Gasteiger partial charge >= 0.3 is 5.97 Å². The van der Waals surface area contributed by atoms with E-state index in [2.05, 4.69) is 5.32 Å². The Hall–Kier alpha value is -0.640. The largest absolute Gasteiger partial charge is 0.481 e. The number of benzene rings is 1. The number of hydrogen-bond donors (Lipinski definition) is 2. The van der Waals surface area contributed by atoms with E-state index in [1.54, 1.807) is 12.1 Å². The molecule has 6 heteroatoms. The van der Waals surface area contributed by atoms with Crippen molar-refractivity contribution in [1.29, 1.82) is 0 Å². The SMILES string of the molecule is O=C(O)CCCNc1cc(Cl)c(Cl)cc1Cl. The first kappa shape index (κ1) is 13.4. The molecule has 0 saturated carbocycles. The number of halogens is 3. The van der Waals surface area contributed by atoms with Crippen molar-refractivity contribution in [2.24, 2.45) is 0 Å². The van der Waals surface area contributed by atoms with Crippen LogP contribution in [0.5, 0.6) is 0 Å². The van der Waals surface area contributed by atoms with E-state index in [1.165, 1.54) is 0 Å². The Morgan fingerprint density at radius 3 is 2.44 bits per heavy atom. The second-order valence-electron chi connectivity index (χ2n) is 3.17. The fourth-order valence-corrected chi connectivity index (χ4v) is 1.73. The molecule has 0 bridgehead atoms. The average molecular weight is 283 g/mol. The van der Waals surface area contributed by atoms with Crippen LogP contribution in [-0.4, -0.2) is 17.6 Å². The number of carboxylic acid groups (broad SMARTS) is 1. The predicted molar refractivity (Wildman–Crippen MR) is 66.8 cm³/mol. The molecule has 1 rings (SSSR count). The summed E-state index contributed by atoms with van der Waals surface area (Å²) in [6.45, 7) is 0.518. The molecular weight excluding hydrogens is 272 g/mol. The molecule has 0 aliphatic heterocycles. The van der Waals surface area contributed by atoms with E-state index in [4.69, 9.17) is 39.9 Å².